The van der Waals surface area contributed by atoms with Crippen molar-refractivity contribution in [3.05, 3.63) is 0 Å². The molecule has 0 radical (unpaired) electrons. The zero-order valence-corrected chi connectivity index (χ0v) is 13.9. The fourth-order valence-corrected chi connectivity index (χ4v) is 4.64. The van der Waals surface area contributed by atoms with E-state index in [1.807, 2.05) is 0 Å². The second kappa shape index (κ2) is 7.31. The van der Waals surface area contributed by atoms with Gasteiger partial charge in [0.25, 0.3) is 0 Å². The molecule has 0 aromatic rings. The average molecular weight is 308 g/mol. The second-order valence-electron chi connectivity index (χ2n) is 7.78. The monoisotopic (exact) mass is 308 g/mol. The van der Waals surface area contributed by atoms with Crippen LogP contribution in [0.4, 0.5) is 0 Å². The summed E-state index contributed by atoms with van der Waals surface area (Å²) in [5.41, 5.74) is -0.729. The highest BCUT2D eigenvalue weighted by molar-refractivity contribution is 5.77. The van der Waals surface area contributed by atoms with Gasteiger partial charge in [0.05, 0.1) is 12.0 Å². The Hall–Kier alpha value is -0.610. The largest absolute Gasteiger partial charge is 0.389 e. The molecule has 126 valence electrons. The third-order valence-electron chi connectivity index (χ3n) is 6.01. The minimum atomic E-state index is -0.729. The van der Waals surface area contributed by atoms with E-state index in [0.29, 0.717) is 12.5 Å². The van der Waals surface area contributed by atoms with Gasteiger partial charge in [-0.15, -0.1) is 0 Å². The Morgan fingerprint density at radius 1 is 1.00 bits per heavy atom. The molecule has 2 aliphatic carbocycles. The van der Waals surface area contributed by atoms with Gasteiger partial charge in [0, 0.05) is 25.2 Å². The molecule has 4 nitrogen and oxygen atoms in total. The van der Waals surface area contributed by atoms with E-state index in [9.17, 15) is 9.90 Å². The number of carbonyl (C=O) groups excluding carboxylic acids is 1. The van der Waals surface area contributed by atoms with Crippen LogP contribution in [-0.4, -0.2) is 46.7 Å². The van der Waals surface area contributed by atoms with Crippen molar-refractivity contribution in [2.24, 2.45) is 0 Å². The normalized spacial score (nSPS) is 27.9. The van der Waals surface area contributed by atoms with Gasteiger partial charge in [-0.05, 0) is 38.5 Å². The van der Waals surface area contributed by atoms with E-state index >= 15 is 0 Å². The number of amides is 1. The van der Waals surface area contributed by atoms with E-state index in [4.69, 9.17) is 0 Å². The molecule has 2 N–H and O–H groups in total. The molecule has 1 heterocycles. The van der Waals surface area contributed by atoms with E-state index in [0.717, 1.165) is 57.7 Å². The highest BCUT2D eigenvalue weighted by Gasteiger charge is 2.33. The molecule has 0 unspecified atom stereocenters. The molecule has 0 atom stereocenters. The topological polar surface area (TPSA) is 52.6 Å². The first-order valence-corrected chi connectivity index (χ1v) is 9.40. The molecule has 0 spiro atoms. The Labute approximate surface area is 134 Å². The Kier molecular flexibility index (Phi) is 5.40. The molecular weight excluding hydrogens is 276 g/mol. The first kappa shape index (κ1) is 16.3. The van der Waals surface area contributed by atoms with Crippen molar-refractivity contribution in [3.8, 4) is 0 Å². The molecule has 22 heavy (non-hydrogen) atoms. The maximum Gasteiger partial charge on any atom is 0.223 e. The maximum atomic E-state index is 12.2. The zero-order chi connectivity index (χ0) is 15.4. The quantitative estimate of drug-likeness (QED) is 0.839. The summed E-state index contributed by atoms with van der Waals surface area (Å²) < 4.78 is 0. The van der Waals surface area contributed by atoms with E-state index in [-0.39, 0.29) is 5.91 Å². The zero-order valence-electron chi connectivity index (χ0n) is 13.9. The van der Waals surface area contributed by atoms with Crippen LogP contribution in [-0.2, 0) is 4.79 Å². The predicted molar refractivity (Wildman–Crippen MR) is 87.6 cm³/mol. The summed E-state index contributed by atoms with van der Waals surface area (Å²) in [6.45, 7) is 2.25. The summed E-state index contributed by atoms with van der Waals surface area (Å²) in [5.74, 6) is 0.0590. The van der Waals surface area contributed by atoms with Crippen LogP contribution < -0.4 is 5.32 Å². The minimum Gasteiger partial charge on any atom is -0.389 e. The number of piperidine rings is 1. The number of rotatable bonds is 4. The van der Waals surface area contributed by atoms with Crippen LogP contribution in [0.2, 0.25) is 0 Å². The molecule has 3 aliphatic rings. The lowest BCUT2D eigenvalue weighted by Gasteiger charge is -2.37. The molecule has 0 bridgehead atoms. The van der Waals surface area contributed by atoms with Gasteiger partial charge in [-0.2, -0.15) is 0 Å². The molecule has 3 rings (SSSR count). The van der Waals surface area contributed by atoms with Gasteiger partial charge in [0.1, 0.15) is 0 Å². The van der Waals surface area contributed by atoms with Crippen molar-refractivity contribution in [1.82, 2.24) is 10.2 Å². The van der Waals surface area contributed by atoms with Crippen LogP contribution in [0.1, 0.15) is 77.0 Å². The summed E-state index contributed by atoms with van der Waals surface area (Å²) >= 11 is 0. The van der Waals surface area contributed by atoms with Gasteiger partial charge in [0.2, 0.25) is 5.91 Å². The van der Waals surface area contributed by atoms with Gasteiger partial charge in [-0.25, -0.2) is 0 Å². The third kappa shape index (κ3) is 4.23. The number of likely N-dealkylation sites (tertiary alicyclic amines) is 1. The number of carbonyl (C=O) groups is 1. The SMILES string of the molecule is O=C(CC1(O)CCCCC1)NC1CCN(C2CCCC2)CC1. The van der Waals surface area contributed by atoms with Crippen molar-refractivity contribution < 1.29 is 9.90 Å². The molecule has 1 saturated heterocycles. The molecule has 3 fully saturated rings. The average Bonchev–Trinajstić information content (AvgIpc) is 3.02. The third-order valence-corrected chi connectivity index (χ3v) is 6.01. The maximum absolute atomic E-state index is 12.2. The lowest BCUT2D eigenvalue weighted by Crippen LogP contribution is -2.48. The number of aliphatic hydroxyl groups is 1. The first-order valence-electron chi connectivity index (χ1n) is 9.40. The molecule has 0 aromatic heterocycles. The molecular formula is C18H32N2O2. The molecule has 4 heteroatoms. The van der Waals surface area contributed by atoms with Gasteiger partial charge in [0.15, 0.2) is 0 Å². The van der Waals surface area contributed by atoms with Gasteiger partial charge in [-0.3, -0.25) is 4.79 Å². The summed E-state index contributed by atoms with van der Waals surface area (Å²) in [4.78, 5) is 14.9. The lowest BCUT2D eigenvalue weighted by atomic mass is 9.82. The van der Waals surface area contributed by atoms with Gasteiger partial charge in [-0.1, -0.05) is 32.1 Å². The fourth-order valence-electron chi connectivity index (χ4n) is 4.64. The van der Waals surface area contributed by atoms with Crippen LogP contribution in [0.5, 0.6) is 0 Å². The van der Waals surface area contributed by atoms with E-state index in [2.05, 4.69) is 10.2 Å². The van der Waals surface area contributed by atoms with Crippen molar-refractivity contribution in [3.63, 3.8) is 0 Å². The predicted octanol–water partition coefficient (Wildman–Crippen LogP) is 2.59. The number of hydrogen-bond donors (Lipinski definition) is 2. The summed E-state index contributed by atoms with van der Waals surface area (Å²) in [6.07, 6.45) is 12.9. The van der Waals surface area contributed by atoms with Gasteiger partial charge >= 0.3 is 0 Å². The number of nitrogens with zero attached hydrogens (tertiary/aromatic N) is 1. The highest BCUT2D eigenvalue weighted by Crippen LogP contribution is 2.31. The van der Waals surface area contributed by atoms with Crippen molar-refractivity contribution in [2.45, 2.75) is 94.7 Å². The number of nitrogens with one attached hydrogen (secondary N) is 1. The lowest BCUT2D eigenvalue weighted by molar-refractivity contribution is -0.128. The summed E-state index contributed by atoms with van der Waals surface area (Å²) in [6, 6.07) is 1.12. The fraction of sp³-hybridized carbons (Fsp3) is 0.944. The summed E-state index contributed by atoms with van der Waals surface area (Å²) in [7, 11) is 0. The number of hydrogen-bond acceptors (Lipinski definition) is 3. The Balaban J connectivity index is 1.39. The van der Waals surface area contributed by atoms with Crippen molar-refractivity contribution in [1.29, 1.82) is 0 Å². The second-order valence-corrected chi connectivity index (χ2v) is 7.78. The standard InChI is InChI=1S/C18H32N2O2/c21-17(14-18(22)10-4-1-5-11-18)19-15-8-12-20(13-9-15)16-6-2-3-7-16/h15-16,22H,1-14H2,(H,19,21). The van der Waals surface area contributed by atoms with Crippen molar-refractivity contribution >= 4 is 5.91 Å². The molecule has 0 aromatic carbocycles. The van der Waals surface area contributed by atoms with Crippen LogP contribution >= 0.6 is 0 Å². The van der Waals surface area contributed by atoms with Crippen LogP contribution in [0.25, 0.3) is 0 Å². The Bertz CT molecular complexity index is 365. The van der Waals surface area contributed by atoms with Crippen LogP contribution in [0.15, 0.2) is 0 Å². The minimum absolute atomic E-state index is 0.0590. The Morgan fingerprint density at radius 2 is 1.64 bits per heavy atom. The molecule has 2 saturated carbocycles. The Morgan fingerprint density at radius 3 is 2.27 bits per heavy atom. The molecule has 1 aliphatic heterocycles. The summed E-state index contributed by atoms with van der Waals surface area (Å²) in [5, 5.41) is 13.7. The van der Waals surface area contributed by atoms with E-state index in [1.54, 1.807) is 0 Å². The van der Waals surface area contributed by atoms with Crippen molar-refractivity contribution in [2.75, 3.05) is 13.1 Å². The van der Waals surface area contributed by atoms with E-state index in [1.165, 1.54) is 32.1 Å². The molecule has 1 amide bonds. The van der Waals surface area contributed by atoms with E-state index < -0.39 is 5.60 Å². The van der Waals surface area contributed by atoms with Crippen LogP contribution in [0, 0.1) is 0 Å². The first-order chi connectivity index (χ1) is 10.6. The highest BCUT2D eigenvalue weighted by atomic mass is 16.3. The van der Waals surface area contributed by atoms with Crippen LogP contribution in [0.3, 0.4) is 0 Å². The van der Waals surface area contributed by atoms with Gasteiger partial charge < -0.3 is 15.3 Å². The smallest absolute Gasteiger partial charge is 0.223 e.